The number of hydrogen-bond acceptors (Lipinski definition) is 2. The second-order valence-corrected chi connectivity index (χ2v) is 3.31. The van der Waals surface area contributed by atoms with Gasteiger partial charge in [-0.2, -0.15) is 10.4 Å². The van der Waals surface area contributed by atoms with E-state index < -0.39 is 0 Å². The van der Waals surface area contributed by atoms with E-state index in [-0.39, 0.29) is 0 Å². The molecule has 0 radical (unpaired) electrons. The van der Waals surface area contributed by atoms with Crippen molar-refractivity contribution in [3.8, 4) is 11.8 Å². The summed E-state index contributed by atoms with van der Waals surface area (Å²) < 4.78 is 1.82. The van der Waals surface area contributed by atoms with Crippen molar-refractivity contribution in [3.05, 3.63) is 47.8 Å². The predicted octanol–water partition coefficient (Wildman–Crippen LogP) is 0.877. The summed E-state index contributed by atoms with van der Waals surface area (Å²) in [4.78, 5) is 0. The Morgan fingerprint density at radius 3 is 2.60 bits per heavy atom. The number of hydrogen-bond donors (Lipinski definition) is 0. The molecule has 0 aliphatic heterocycles. The molecule has 0 N–H and O–H groups in total. The van der Waals surface area contributed by atoms with Gasteiger partial charge in [0.1, 0.15) is 7.85 Å². The van der Waals surface area contributed by atoms with E-state index in [4.69, 9.17) is 5.26 Å². The van der Waals surface area contributed by atoms with E-state index in [0.717, 1.165) is 12.0 Å². The summed E-state index contributed by atoms with van der Waals surface area (Å²) in [7, 11) is 2.10. The lowest BCUT2D eigenvalue weighted by Crippen LogP contribution is -1.93. The molecule has 15 heavy (non-hydrogen) atoms. The van der Waals surface area contributed by atoms with Crippen molar-refractivity contribution in [3.63, 3.8) is 0 Å². The van der Waals surface area contributed by atoms with Gasteiger partial charge in [-0.1, -0.05) is 6.32 Å². The van der Waals surface area contributed by atoms with E-state index in [9.17, 15) is 0 Å². The molecular formula is C11H10BN3. The fraction of sp³-hybridized carbons (Fsp3) is 0.0909. The maximum absolute atomic E-state index is 8.67. The minimum Gasteiger partial charge on any atom is -0.241 e. The first kappa shape index (κ1) is 9.54. The molecule has 1 heterocycles. The molecule has 0 fully saturated rings. The highest BCUT2D eigenvalue weighted by Gasteiger charge is 1.99. The van der Waals surface area contributed by atoms with Crippen molar-refractivity contribution in [2.75, 3.05) is 0 Å². The number of benzene rings is 1. The van der Waals surface area contributed by atoms with Gasteiger partial charge in [0.15, 0.2) is 0 Å². The largest absolute Gasteiger partial charge is 0.241 e. The van der Waals surface area contributed by atoms with Crippen molar-refractivity contribution >= 4 is 7.85 Å². The molecule has 0 spiro atoms. The highest BCUT2D eigenvalue weighted by atomic mass is 15.3. The first-order valence-electron chi connectivity index (χ1n) is 4.87. The maximum atomic E-state index is 8.67. The molecule has 0 amide bonds. The molecule has 0 atom stereocenters. The summed E-state index contributed by atoms with van der Waals surface area (Å²) in [6, 6.07) is 9.47. The van der Waals surface area contributed by atoms with Gasteiger partial charge >= 0.3 is 0 Å². The van der Waals surface area contributed by atoms with Gasteiger partial charge in [0.05, 0.1) is 23.5 Å². The summed E-state index contributed by atoms with van der Waals surface area (Å²) in [5.41, 5.74) is 2.86. The number of aromatic nitrogens is 2. The Balaban J connectivity index is 2.33. The van der Waals surface area contributed by atoms with Crippen LogP contribution in [0.4, 0.5) is 0 Å². The zero-order chi connectivity index (χ0) is 10.7. The molecule has 0 saturated heterocycles. The van der Waals surface area contributed by atoms with Gasteiger partial charge < -0.3 is 0 Å². The Kier molecular flexibility index (Phi) is 2.55. The van der Waals surface area contributed by atoms with Crippen LogP contribution in [0.2, 0.25) is 0 Å². The minimum atomic E-state index is 0.668. The fourth-order valence-corrected chi connectivity index (χ4v) is 1.37. The molecule has 1 aromatic carbocycles. The first-order valence-corrected chi connectivity index (χ1v) is 4.87. The van der Waals surface area contributed by atoms with Gasteiger partial charge in [-0.05, 0) is 29.8 Å². The van der Waals surface area contributed by atoms with Crippen LogP contribution in [0.15, 0.2) is 36.7 Å². The van der Waals surface area contributed by atoms with E-state index in [2.05, 4.69) is 19.0 Å². The lowest BCUT2D eigenvalue weighted by molar-refractivity contribution is 0.880. The first-order chi connectivity index (χ1) is 7.33. The standard InChI is InChI=1S/C11H10BN3/c12-5-10-7-14-15(8-10)11-3-1-9(6-13)2-4-11/h1-4,7-8H,5,12H2. The molecule has 3 nitrogen and oxygen atoms in total. The van der Waals surface area contributed by atoms with Crippen molar-refractivity contribution in [2.45, 2.75) is 6.32 Å². The Bertz CT molecular complexity index is 493. The van der Waals surface area contributed by atoms with Crippen molar-refractivity contribution in [1.29, 1.82) is 5.26 Å². The molecule has 2 rings (SSSR count). The van der Waals surface area contributed by atoms with Crippen LogP contribution >= 0.6 is 0 Å². The molecule has 0 bridgehead atoms. The molecule has 72 valence electrons. The van der Waals surface area contributed by atoms with Crippen molar-refractivity contribution in [1.82, 2.24) is 9.78 Å². The lowest BCUT2D eigenvalue weighted by atomic mass is 10.0. The highest BCUT2D eigenvalue weighted by molar-refractivity contribution is 6.08. The summed E-state index contributed by atoms with van der Waals surface area (Å²) in [5.74, 6) is 0. The van der Waals surface area contributed by atoms with Gasteiger partial charge in [-0.15, -0.1) is 0 Å². The van der Waals surface area contributed by atoms with Crippen LogP contribution in [-0.4, -0.2) is 17.6 Å². The summed E-state index contributed by atoms with van der Waals surface area (Å²) in [5, 5.41) is 12.9. The van der Waals surface area contributed by atoms with Crippen LogP contribution in [0.25, 0.3) is 5.69 Å². The molecule has 1 aromatic heterocycles. The van der Waals surface area contributed by atoms with E-state index in [0.29, 0.717) is 5.56 Å². The van der Waals surface area contributed by atoms with E-state index >= 15 is 0 Å². The number of nitrogens with zero attached hydrogens (tertiary/aromatic N) is 3. The lowest BCUT2D eigenvalue weighted by Gasteiger charge is -1.99. The van der Waals surface area contributed by atoms with Crippen LogP contribution in [-0.2, 0) is 6.32 Å². The maximum Gasteiger partial charge on any atom is 0.107 e. The van der Waals surface area contributed by atoms with Crippen molar-refractivity contribution in [2.24, 2.45) is 0 Å². The number of nitriles is 1. The zero-order valence-corrected chi connectivity index (χ0v) is 8.51. The topological polar surface area (TPSA) is 41.6 Å². The summed E-state index contributed by atoms with van der Waals surface area (Å²) in [6.45, 7) is 0. The summed E-state index contributed by atoms with van der Waals surface area (Å²) >= 11 is 0. The normalized spacial score (nSPS) is 9.80. The van der Waals surface area contributed by atoms with Crippen LogP contribution in [0, 0.1) is 11.3 Å². The fourth-order valence-electron chi connectivity index (χ4n) is 1.37. The van der Waals surface area contributed by atoms with Crippen LogP contribution in [0.5, 0.6) is 0 Å². The molecule has 0 aliphatic carbocycles. The average molecular weight is 195 g/mol. The summed E-state index contributed by atoms with van der Waals surface area (Å²) in [6.07, 6.45) is 4.84. The van der Waals surface area contributed by atoms with E-state index in [1.54, 1.807) is 12.1 Å². The molecular weight excluding hydrogens is 185 g/mol. The molecule has 2 aromatic rings. The third-order valence-corrected chi connectivity index (χ3v) is 2.31. The molecule has 4 heteroatoms. The van der Waals surface area contributed by atoms with Gasteiger partial charge in [0.25, 0.3) is 0 Å². The SMILES string of the molecule is BCc1cnn(-c2ccc(C#N)cc2)c1. The zero-order valence-electron chi connectivity index (χ0n) is 8.51. The molecule has 0 saturated carbocycles. The minimum absolute atomic E-state index is 0.668. The van der Waals surface area contributed by atoms with Crippen LogP contribution in [0.1, 0.15) is 11.1 Å². The Labute approximate surface area is 89.4 Å². The van der Waals surface area contributed by atoms with E-state index in [1.165, 1.54) is 5.56 Å². The van der Waals surface area contributed by atoms with E-state index in [1.807, 2.05) is 29.2 Å². The van der Waals surface area contributed by atoms with Gasteiger partial charge in [-0.3, -0.25) is 0 Å². The van der Waals surface area contributed by atoms with Gasteiger partial charge in [0.2, 0.25) is 0 Å². The smallest absolute Gasteiger partial charge is 0.107 e. The quantitative estimate of drug-likeness (QED) is 0.667. The monoisotopic (exact) mass is 195 g/mol. The van der Waals surface area contributed by atoms with Crippen molar-refractivity contribution < 1.29 is 0 Å². The predicted molar refractivity (Wildman–Crippen MR) is 60.5 cm³/mol. The van der Waals surface area contributed by atoms with Gasteiger partial charge in [-0.25, -0.2) is 4.68 Å². The second kappa shape index (κ2) is 4.01. The Morgan fingerprint density at radius 2 is 2.07 bits per heavy atom. The van der Waals surface area contributed by atoms with Gasteiger partial charge in [0, 0.05) is 6.20 Å². The van der Waals surface area contributed by atoms with Crippen LogP contribution in [0.3, 0.4) is 0 Å². The third-order valence-electron chi connectivity index (χ3n) is 2.31. The Hall–Kier alpha value is -2.02. The van der Waals surface area contributed by atoms with Crippen LogP contribution < -0.4 is 0 Å². The second-order valence-electron chi connectivity index (χ2n) is 3.31. The third kappa shape index (κ3) is 1.91. The highest BCUT2D eigenvalue weighted by Crippen LogP contribution is 2.09. The number of rotatable bonds is 2. The Morgan fingerprint density at radius 1 is 1.33 bits per heavy atom. The molecule has 0 unspecified atom stereocenters. The average Bonchev–Trinajstić information content (AvgIpc) is 2.78. The molecule has 0 aliphatic rings.